The number of hydrogen-bond acceptors (Lipinski definition) is 1. The fraction of sp³-hybridized carbons (Fsp3) is 0.500. The molecule has 0 saturated heterocycles. The highest BCUT2D eigenvalue weighted by molar-refractivity contribution is 5.89. The van der Waals surface area contributed by atoms with E-state index in [1.165, 1.54) is 0 Å². The van der Waals surface area contributed by atoms with E-state index in [4.69, 9.17) is 0 Å². The standard InChI is InChI=1S/C10H15NO/c1-8(2)11-7-6-9(3)4-5-10(11)12/h4-9H,1-3H3. The van der Waals surface area contributed by atoms with Crippen molar-refractivity contribution in [2.75, 3.05) is 0 Å². The Morgan fingerprint density at radius 1 is 1.42 bits per heavy atom. The van der Waals surface area contributed by atoms with E-state index in [2.05, 4.69) is 6.92 Å². The van der Waals surface area contributed by atoms with Gasteiger partial charge in [0.25, 0.3) is 0 Å². The van der Waals surface area contributed by atoms with Crippen LogP contribution in [0.4, 0.5) is 0 Å². The second-order valence-electron chi connectivity index (χ2n) is 3.40. The molecule has 12 heavy (non-hydrogen) atoms. The van der Waals surface area contributed by atoms with E-state index >= 15 is 0 Å². The molecule has 1 aliphatic heterocycles. The summed E-state index contributed by atoms with van der Waals surface area (Å²) >= 11 is 0. The first-order valence-electron chi connectivity index (χ1n) is 4.30. The first-order chi connectivity index (χ1) is 5.61. The molecule has 1 rings (SSSR count). The smallest absolute Gasteiger partial charge is 0.250 e. The first kappa shape index (κ1) is 9.04. The van der Waals surface area contributed by atoms with Gasteiger partial charge >= 0.3 is 0 Å². The van der Waals surface area contributed by atoms with E-state index in [-0.39, 0.29) is 11.9 Å². The van der Waals surface area contributed by atoms with Crippen molar-refractivity contribution in [3.63, 3.8) is 0 Å². The van der Waals surface area contributed by atoms with Crippen LogP contribution < -0.4 is 0 Å². The second kappa shape index (κ2) is 3.57. The lowest BCUT2D eigenvalue weighted by molar-refractivity contribution is -0.124. The number of hydrogen-bond donors (Lipinski definition) is 0. The van der Waals surface area contributed by atoms with E-state index in [0.717, 1.165) is 0 Å². The van der Waals surface area contributed by atoms with Crippen molar-refractivity contribution in [2.24, 2.45) is 5.92 Å². The summed E-state index contributed by atoms with van der Waals surface area (Å²) in [5, 5.41) is 0. The van der Waals surface area contributed by atoms with E-state index in [1.807, 2.05) is 32.2 Å². The van der Waals surface area contributed by atoms with Crippen LogP contribution in [0.1, 0.15) is 20.8 Å². The van der Waals surface area contributed by atoms with Gasteiger partial charge in [0.15, 0.2) is 0 Å². The molecule has 0 aromatic carbocycles. The van der Waals surface area contributed by atoms with Gasteiger partial charge in [0.1, 0.15) is 0 Å². The van der Waals surface area contributed by atoms with Crippen LogP contribution in [0, 0.1) is 5.92 Å². The predicted octanol–water partition coefficient (Wildman–Crippen LogP) is 1.94. The molecule has 0 saturated carbocycles. The van der Waals surface area contributed by atoms with Gasteiger partial charge in [0.05, 0.1) is 0 Å². The minimum absolute atomic E-state index is 0.0746. The predicted molar refractivity (Wildman–Crippen MR) is 49.4 cm³/mol. The fourth-order valence-electron chi connectivity index (χ4n) is 1.11. The van der Waals surface area contributed by atoms with Crippen LogP contribution in [-0.4, -0.2) is 16.8 Å². The van der Waals surface area contributed by atoms with Gasteiger partial charge in [-0.15, -0.1) is 0 Å². The van der Waals surface area contributed by atoms with Gasteiger partial charge in [0.2, 0.25) is 5.91 Å². The summed E-state index contributed by atoms with van der Waals surface area (Å²) in [5.74, 6) is 0.434. The molecule has 66 valence electrons. The minimum atomic E-state index is 0.0746. The molecule has 0 aromatic heterocycles. The number of allylic oxidation sites excluding steroid dienone is 2. The number of amides is 1. The third-order valence-corrected chi connectivity index (χ3v) is 1.90. The van der Waals surface area contributed by atoms with Crippen molar-refractivity contribution in [1.82, 2.24) is 4.90 Å². The largest absolute Gasteiger partial charge is 0.313 e. The summed E-state index contributed by atoms with van der Waals surface area (Å²) < 4.78 is 0. The van der Waals surface area contributed by atoms with Crippen LogP contribution in [0.2, 0.25) is 0 Å². The molecule has 0 bridgehead atoms. The van der Waals surface area contributed by atoms with Gasteiger partial charge in [-0.25, -0.2) is 0 Å². The molecule has 0 aliphatic carbocycles. The second-order valence-corrected chi connectivity index (χ2v) is 3.40. The minimum Gasteiger partial charge on any atom is -0.313 e. The first-order valence-corrected chi connectivity index (χ1v) is 4.30. The monoisotopic (exact) mass is 165 g/mol. The lowest BCUT2D eigenvalue weighted by atomic mass is 10.2. The van der Waals surface area contributed by atoms with Crippen molar-refractivity contribution in [3.8, 4) is 0 Å². The van der Waals surface area contributed by atoms with Crippen LogP contribution in [0.15, 0.2) is 24.4 Å². The number of carbonyl (C=O) groups excluding carboxylic acids is 1. The van der Waals surface area contributed by atoms with Crippen LogP contribution in [0.3, 0.4) is 0 Å². The van der Waals surface area contributed by atoms with Crippen molar-refractivity contribution in [3.05, 3.63) is 24.4 Å². The number of nitrogens with zero attached hydrogens (tertiary/aromatic N) is 1. The highest BCUT2D eigenvalue weighted by atomic mass is 16.2. The van der Waals surface area contributed by atoms with E-state index in [1.54, 1.807) is 11.0 Å². The highest BCUT2D eigenvalue weighted by Crippen LogP contribution is 2.10. The lowest BCUT2D eigenvalue weighted by Gasteiger charge is -2.19. The summed E-state index contributed by atoms with van der Waals surface area (Å²) in [6, 6.07) is 0.240. The molecule has 0 N–H and O–H groups in total. The molecule has 1 heterocycles. The third kappa shape index (κ3) is 1.97. The van der Waals surface area contributed by atoms with Crippen LogP contribution >= 0.6 is 0 Å². The Hall–Kier alpha value is -1.05. The molecule has 2 nitrogen and oxygen atoms in total. The summed E-state index contributed by atoms with van der Waals surface area (Å²) in [6.45, 7) is 6.07. The SMILES string of the molecule is CC1C=CC(=O)N(C(C)C)C=C1. The quantitative estimate of drug-likeness (QED) is 0.581. The Morgan fingerprint density at radius 3 is 2.67 bits per heavy atom. The van der Waals surface area contributed by atoms with Gasteiger partial charge < -0.3 is 4.90 Å². The molecule has 0 radical (unpaired) electrons. The van der Waals surface area contributed by atoms with Gasteiger partial charge in [-0.3, -0.25) is 4.79 Å². The summed E-state index contributed by atoms with van der Waals surface area (Å²) in [6.07, 6.45) is 7.46. The number of rotatable bonds is 1. The van der Waals surface area contributed by atoms with Crippen LogP contribution in [0.25, 0.3) is 0 Å². The van der Waals surface area contributed by atoms with Crippen LogP contribution in [0.5, 0.6) is 0 Å². The van der Waals surface area contributed by atoms with Crippen molar-refractivity contribution in [1.29, 1.82) is 0 Å². The van der Waals surface area contributed by atoms with Gasteiger partial charge in [-0.1, -0.05) is 19.1 Å². The molecule has 1 unspecified atom stereocenters. The van der Waals surface area contributed by atoms with Crippen LogP contribution in [-0.2, 0) is 4.79 Å². The molecule has 0 aromatic rings. The maximum absolute atomic E-state index is 11.4. The number of carbonyl (C=O) groups is 1. The lowest BCUT2D eigenvalue weighted by Crippen LogP contribution is -2.30. The summed E-state index contributed by atoms with van der Waals surface area (Å²) in [7, 11) is 0. The van der Waals surface area contributed by atoms with E-state index in [0.29, 0.717) is 5.92 Å². The summed E-state index contributed by atoms with van der Waals surface area (Å²) in [4.78, 5) is 13.1. The van der Waals surface area contributed by atoms with E-state index in [9.17, 15) is 4.79 Å². The summed E-state index contributed by atoms with van der Waals surface area (Å²) in [5.41, 5.74) is 0. The van der Waals surface area contributed by atoms with Gasteiger partial charge in [0, 0.05) is 18.3 Å². The van der Waals surface area contributed by atoms with Crippen molar-refractivity contribution in [2.45, 2.75) is 26.8 Å². The molecular weight excluding hydrogens is 150 g/mol. The highest BCUT2D eigenvalue weighted by Gasteiger charge is 2.13. The maximum atomic E-state index is 11.4. The molecule has 0 fully saturated rings. The Kier molecular flexibility index (Phi) is 2.69. The zero-order chi connectivity index (χ0) is 9.14. The third-order valence-electron chi connectivity index (χ3n) is 1.90. The van der Waals surface area contributed by atoms with Gasteiger partial charge in [-0.05, 0) is 19.8 Å². The molecule has 1 atom stereocenters. The molecule has 1 amide bonds. The topological polar surface area (TPSA) is 20.3 Å². The zero-order valence-electron chi connectivity index (χ0n) is 7.82. The maximum Gasteiger partial charge on any atom is 0.250 e. The Labute approximate surface area is 73.6 Å². The van der Waals surface area contributed by atoms with Gasteiger partial charge in [-0.2, -0.15) is 0 Å². The fourth-order valence-corrected chi connectivity index (χ4v) is 1.11. The average Bonchev–Trinajstić information content (AvgIpc) is 2.14. The normalized spacial score (nSPS) is 23.5. The Balaban J connectivity index is 2.82. The van der Waals surface area contributed by atoms with E-state index < -0.39 is 0 Å². The van der Waals surface area contributed by atoms with Crippen molar-refractivity contribution < 1.29 is 4.79 Å². The Morgan fingerprint density at radius 2 is 2.08 bits per heavy atom. The molecular formula is C10H15NO. The molecule has 1 aliphatic rings. The molecule has 0 spiro atoms. The Bertz CT molecular complexity index is 228. The molecule has 2 heteroatoms. The zero-order valence-corrected chi connectivity index (χ0v) is 7.82. The average molecular weight is 165 g/mol. The van der Waals surface area contributed by atoms with Crippen molar-refractivity contribution >= 4 is 5.91 Å².